The van der Waals surface area contributed by atoms with Crippen LogP contribution in [0.4, 0.5) is 0 Å². The monoisotopic (exact) mass is 214 g/mol. The number of hydrogen-bond donors (Lipinski definition) is 1. The molecule has 1 aromatic carbocycles. The molecular weight excluding hydrogens is 196 g/mol. The number of benzene rings is 1. The van der Waals surface area contributed by atoms with Crippen molar-refractivity contribution in [3.8, 4) is 6.07 Å². The first-order valence-electron chi connectivity index (χ1n) is 5.94. The third-order valence-corrected chi connectivity index (χ3v) is 3.43. The summed E-state index contributed by atoms with van der Waals surface area (Å²) in [5.74, 6) is 0. The maximum atomic E-state index is 9.03. The van der Waals surface area contributed by atoms with Gasteiger partial charge in [-0.3, -0.25) is 0 Å². The van der Waals surface area contributed by atoms with E-state index < -0.39 is 0 Å². The van der Waals surface area contributed by atoms with E-state index in [0.29, 0.717) is 6.04 Å². The van der Waals surface area contributed by atoms with Gasteiger partial charge in [0.25, 0.3) is 0 Å². The fourth-order valence-electron chi connectivity index (χ4n) is 2.43. The number of aryl methyl sites for hydroxylation is 2. The second-order valence-electron chi connectivity index (χ2n) is 4.70. The normalized spacial score (nSPS) is 19.7. The molecule has 16 heavy (non-hydrogen) atoms. The summed E-state index contributed by atoms with van der Waals surface area (Å²) in [4.78, 5) is 0. The van der Waals surface area contributed by atoms with Gasteiger partial charge in [0, 0.05) is 6.04 Å². The van der Waals surface area contributed by atoms with Crippen LogP contribution in [-0.2, 0) is 6.42 Å². The van der Waals surface area contributed by atoms with Crippen molar-refractivity contribution < 1.29 is 0 Å². The van der Waals surface area contributed by atoms with Crippen molar-refractivity contribution in [2.24, 2.45) is 0 Å². The average Bonchev–Trinajstić information content (AvgIpc) is 2.75. The number of nitrogens with one attached hydrogen (secondary N) is 1. The molecule has 2 nitrogen and oxygen atoms in total. The molecule has 1 unspecified atom stereocenters. The van der Waals surface area contributed by atoms with Crippen LogP contribution in [-0.4, -0.2) is 12.6 Å². The molecule has 1 aliphatic rings. The lowest BCUT2D eigenvalue weighted by atomic mass is 9.95. The van der Waals surface area contributed by atoms with Crippen molar-refractivity contribution in [1.29, 1.82) is 5.26 Å². The molecule has 0 radical (unpaired) electrons. The van der Waals surface area contributed by atoms with Gasteiger partial charge in [-0.05, 0) is 62.4 Å². The smallest absolute Gasteiger partial charge is 0.0994 e. The SMILES string of the molecule is Cc1cc(C)c(CC2CCCN2)cc1C#N. The summed E-state index contributed by atoms with van der Waals surface area (Å²) >= 11 is 0. The van der Waals surface area contributed by atoms with E-state index in [9.17, 15) is 0 Å². The lowest BCUT2D eigenvalue weighted by Crippen LogP contribution is -2.24. The Labute approximate surface area is 97.3 Å². The first kappa shape index (κ1) is 11.2. The summed E-state index contributed by atoms with van der Waals surface area (Å²) in [6.07, 6.45) is 3.59. The highest BCUT2D eigenvalue weighted by Gasteiger charge is 2.16. The van der Waals surface area contributed by atoms with Crippen LogP contribution in [0.5, 0.6) is 0 Å². The summed E-state index contributed by atoms with van der Waals surface area (Å²) < 4.78 is 0. The fraction of sp³-hybridized carbons (Fsp3) is 0.500. The standard InChI is InChI=1S/C14H18N2/c1-10-6-11(2)13(9-15)7-12(10)8-14-4-3-5-16-14/h6-7,14,16H,3-5,8H2,1-2H3. The maximum absolute atomic E-state index is 9.03. The van der Waals surface area contributed by atoms with Crippen molar-refractivity contribution in [1.82, 2.24) is 5.32 Å². The van der Waals surface area contributed by atoms with Crippen LogP contribution in [0, 0.1) is 25.2 Å². The van der Waals surface area contributed by atoms with Crippen LogP contribution in [0.15, 0.2) is 12.1 Å². The molecule has 0 aliphatic carbocycles. The molecule has 2 rings (SSSR count). The Morgan fingerprint density at radius 2 is 2.19 bits per heavy atom. The van der Waals surface area contributed by atoms with Crippen molar-refractivity contribution in [3.63, 3.8) is 0 Å². The van der Waals surface area contributed by atoms with E-state index in [1.165, 1.54) is 24.0 Å². The topological polar surface area (TPSA) is 35.8 Å². The fourth-order valence-corrected chi connectivity index (χ4v) is 2.43. The first-order valence-corrected chi connectivity index (χ1v) is 5.94. The molecule has 1 heterocycles. The molecule has 0 amide bonds. The second kappa shape index (κ2) is 4.67. The Kier molecular flexibility index (Phi) is 3.26. The summed E-state index contributed by atoms with van der Waals surface area (Å²) in [5, 5.41) is 12.5. The van der Waals surface area contributed by atoms with Gasteiger partial charge < -0.3 is 5.32 Å². The molecule has 2 heteroatoms. The molecular formula is C14H18N2. The first-order chi connectivity index (χ1) is 7.70. The van der Waals surface area contributed by atoms with Gasteiger partial charge in [-0.1, -0.05) is 6.07 Å². The summed E-state index contributed by atoms with van der Waals surface area (Å²) in [6.45, 7) is 5.28. The van der Waals surface area contributed by atoms with E-state index >= 15 is 0 Å². The second-order valence-corrected chi connectivity index (χ2v) is 4.70. The van der Waals surface area contributed by atoms with E-state index in [-0.39, 0.29) is 0 Å². The Morgan fingerprint density at radius 3 is 2.81 bits per heavy atom. The molecule has 0 aromatic heterocycles. The number of nitrogens with zero attached hydrogens (tertiary/aromatic N) is 1. The molecule has 1 fully saturated rings. The van der Waals surface area contributed by atoms with E-state index in [0.717, 1.165) is 24.1 Å². The predicted octanol–water partition coefficient (Wildman–Crippen LogP) is 2.47. The van der Waals surface area contributed by atoms with Crippen LogP contribution < -0.4 is 5.32 Å². The molecule has 0 saturated carbocycles. The van der Waals surface area contributed by atoms with Crippen molar-refractivity contribution in [2.75, 3.05) is 6.54 Å². The van der Waals surface area contributed by atoms with Crippen LogP contribution in [0.1, 0.15) is 35.1 Å². The van der Waals surface area contributed by atoms with Crippen LogP contribution in [0.3, 0.4) is 0 Å². The minimum Gasteiger partial charge on any atom is -0.314 e. The highest BCUT2D eigenvalue weighted by atomic mass is 14.9. The minimum absolute atomic E-state index is 0.605. The molecule has 1 aromatic rings. The number of nitriles is 1. The Morgan fingerprint density at radius 1 is 1.38 bits per heavy atom. The molecule has 1 atom stereocenters. The molecule has 0 spiro atoms. The van der Waals surface area contributed by atoms with Gasteiger partial charge in [-0.25, -0.2) is 0 Å². The predicted molar refractivity (Wildman–Crippen MR) is 65.4 cm³/mol. The minimum atomic E-state index is 0.605. The van der Waals surface area contributed by atoms with Gasteiger partial charge in [0.15, 0.2) is 0 Å². The van der Waals surface area contributed by atoms with E-state index in [4.69, 9.17) is 5.26 Å². The van der Waals surface area contributed by atoms with Crippen molar-refractivity contribution in [3.05, 3.63) is 34.4 Å². The van der Waals surface area contributed by atoms with Crippen molar-refractivity contribution >= 4 is 0 Å². The van der Waals surface area contributed by atoms with E-state index in [1.54, 1.807) is 0 Å². The number of hydrogen-bond acceptors (Lipinski definition) is 2. The summed E-state index contributed by atoms with van der Waals surface area (Å²) in [6, 6.07) is 7.06. The molecule has 1 N–H and O–H groups in total. The molecule has 84 valence electrons. The van der Waals surface area contributed by atoms with Crippen molar-refractivity contribution in [2.45, 2.75) is 39.2 Å². The van der Waals surface area contributed by atoms with E-state index in [1.807, 2.05) is 6.92 Å². The van der Waals surface area contributed by atoms with Gasteiger partial charge in [0.2, 0.25) is 0 Å². The average molecular weight is 214 g/mol. The molecule has 0 bridgehead atoms. The summed E-state index contributed by atoms with van der Waals surface area (Å²) in [5.41, 5.74) is 4.54. The summed E-state index contributed by atoms with van der Waals surface area (Å²) in [7, 11) is 0. The van der Waals surface area contributed by atoms with Gasteiger partial charge >= 0.3 is 0 Å². The zero-order valence-electron chi connectivity index (χ0n) is 10.0. The Bertz CT molecular complexity index is 423. The van der Waals surface area contributed by atoms with Crippen LogP contribution >= 0.6 is 0 Å². The van der Waals surface area contributed by atoms with Gasteiger partial charge in [-0.15, -0.1) is 0 Å². The molecule has 1 aliphatic heterocycles. The highest BCUT2D eigenvalue weighted by Crippen LogP contribution is 2.19. The zero-order valence-corrected chi connectivity index (χ0v) is 10.0. The maximum Gasteiger partial charge on any atom is 0.0994 e. The zero-order chi connectivity index (χ0) is 11.5. The third-order valence-electron chi connectivity index (χ3n) is 3.43. The lowest BCUT2D eigenvalue weighted by molar-refractivity contribution is 0.601. The van der Waals surface area contributed by atoms with Gasteiger partial charge in [0.1, 0.15) is 0 Å². The number of rotatable bonds is 2. The third kappa shape index (κ3) is 2.25. The molecule has 1 saturated heterocycles. The van der Waals surface area contributed by atoms with Crippen LogP contribution in [0.2, 0.25) is 0 Å². The lowest BCUT2D eigenvalue weighted by Gasteiger charge is -2.13. The highest BCUT2D eigenvalue weighted by molar-refractivity contribution is 5.44. The Hall–Kier alpha value is -1.33. The largest absolute Gasteiger partial charge is 0.314 e. The van der Waals surface area contributed by atoms with Gasteiger partial charge in [-0.2, -0.15) is 5.26 Å². The Balaban J connectivity index is 2.23. The van der Waals surface area contributed by atoms with E-state index in [2.05, 4.69) is 30.4 Å². The van der Waals surface area contributed by atoms with Crippen LogP contribution in [0.25, 0.3) is 0 Å². The van der Waals surface area contributed by atoms with Gasteiger partial charge in [0.05, 0.1) is 11.6 Å². The quantitative estimate of drug-likeness (QED) is 0.821.